The molecule has 1 fully saturated rings. The van der Waals surface area contributed by atoms with Crippen LogP contribution in [0.15, 0.2) is 42.5 Å². The molecule has 160 valence electrons. The van der Waals surface area contributed by atoms with Crippen molar-refractivity contribution in [3.8, 4) is 0 Å². The number of aromatic nitrogens is 1. The number of rotatable bonds is 1. The molecule has 2 aliphatic heterocycles. The molecular formula is C24H23Cl2N3O2. The van der Waals surface area contributed by atoms with E-state index >= 15 is 0 Å². The summed E-state index contributed by atoms with van der Waals surface area (Å²) in [5.74, 6) is -0.113. The molecule has 2 aliphatic rings. The van der Waals surface area contributed by atoms with Crippen molar-refractivity contribution < 1.29 is 9.59 Å². The van der Waals surface area contributed by atoms with Crippen molar-refractivity contribution >= 4 is 45.9 Å². The van der Waals surface area contributed by atoms with Crippen LogP contribution in [0.4, 0.5) is 0 Å². The van der Waals surface area contributed by atoms with E-state index in [4.69, 9.17) is 23.2 Å². The van der Waals surface area contributed by atoms with E-state index in [1.165, 1.54) is 0 Å². The molecule has 1 saturated heterocycles. The van der Waals surface area contributed by atoms with Crippen molar-refractivity contribution in [2.45, 2.75) is 44.8 Å². The van der Waals surface area contributed by atoms with Crippen LogP contribution < -0.4 is 0 Å². The average molecular weight is 456 g/mol. The summed E-state index contributed by atoms with van der Waals surface area (Å²) >= 11 is 12.8. The predicted octanol–water partition coefficient (Wildman–Crippen LogP) is 4.96. The summed E-state index contributed by atoms with van der Waals surface area (Å²) in [6.07, 6.45) is 0.470. The number of para-hydroxylation sites is 1. The lowest BCUT2D eigenvalue weighted by Crippen LogP contribution is -2.66. The topological polar surface area (TPSA) is 56.4 Å². The van der Waals surface area contributed by atoms with Crippen molar-refractivity contribution in [2.75, 3.05) is 6.54 Å². The summed E-state index contributed by atoms with van der Waals surface area (Å²) in [4.78, 5) is 34.0. The number of halogens is 2. The minimum absolute atomic E-state index is 0.0295. The molecule has 0 radical (unpaired) electrons. The fraction of sp³-hybridized carbons (Fsp3) is 0.333. The number of benzene rings is 2. The van der Waals surface area contributed by atoms with Crippen LogP contribution in [0.25, 0.3) is 10.9 Å². The van der Waals surface area contributed by atoms with Crippen LogP contribution in [-0.2, 0) is 16.0 Å². The van der Waals surface area contributed by atoms with Gasteiger partial charge < -0.3 is 14.8 Å². The van der Waals surface area contributed by atoms with Gasteiger partial charge in [-0.1, -0.05) is 47.5 Å². The maximum Gasteiger partial charge on any atom is 0.246 e. The highest BCUT2D eigenvalue weighted by atomic mass is 35.5. The summed E-state index contributed by atoms with van der Waals surface area (Å²) in [6, 6.07) is 12.3. The minimum atomic E-state index is -0.580. The summed E-state index contributed by atoms with van der Waals surface area (Å²) < 4.78 is 0. The van der Waals surface area contributed by atoms with Gasteiger partial charge in [0.25, 0.3) is 0 Å². The maximum absolute atomic E-state index is 13.6. The van der Waals surface area contributed by atoms with Crippen LogP contribution >= 0.6 is 23.2 Å². The van der Waals surface area contributed by atoms with Crippen LogP contribution in [0.2, 0.25) is 10.0 Å². The molecule has 5 rings (SSSR count). The number of carbonyl (C=O) groups is 2. The molecule has 1 aromatic heterocycles. The Hall–Kier alpha value is -2.50. The molecule has 5 nitrogen and oxygen atoms in total. The zero-order valence-electron chi connectivity index (χ0n) is 17.6. The van der Waals surface area contributed by atoms with E-state index < -0.39 is 17.6 Å². The molecule has 2 amide bonds. The second-order valence-corrected chi connectivity index (χ2v) is 10.1. The van der Waals surface area contributed by atoms with Crippen LogP contribution in [0.5, 0.6) is 0 Å². The number of H-pyrrole nitrogens is 1. The van der Waals surface area contributed by atoms with E-state index in [0.717, 1.165) is 27.7 Å². The first kappa shape index (κ1) is 20.4. The van der Waals surface area contributed by atoms with Gasteiger partial charge in [0.05, 0.1) is 6.04 Å². The number of amides is 2. The Bertz CT molecular complexity index is 1230. The lowest BCUT2D eigenvalue weighted by molar-refractivity contribution is -0.163. The lowest BCUT2D eigenvalue weighted by Gasteiger charge is -2.50. The van der Waals surface area contributed by atoms with Crippen molar-refractivity contribution in [1.29, 1.82) is 0 Å². The van der Waals surface area contributed by atoms with Gasteiger partial charge in [0.15, 0.2) is 0 Å². The van der Waals surface area contributed by atoms with E-state index in [1.54, 1.807) is 21.9 Å². The molecule has 31 heavy (non-hydrogen) atoms. The molecule has 0 unspecified atom stereocenters. The molecule has 7 heteroatoms. The van der Waals surface area contributed by atoms with E-state index in [0.29, 0.717) is 16.5 Å². The standard InChI is InChI=1S/C24H23Cl2N3O2/c1-24(2,3)28-12-20(30)29-19(23(28)31)11-16-14-6-4-5-7-18(14)27-21(16)22(29)15-9-8-13(25)10-17(15)26/h4-10,19,22,27H,11-12H2,1-3H3/t19-,22-/m1/s1. The Morgan fingerprint density at radius 2 is 1.81 bits per heavy atom. The van der Waals surface area contributed by atoms with Gasteiger partial charge in [-0.2, -0.15) is 0 Å². The molecule has 0 aliphatic carbocycles. The van der Waals surface area contributed by atoms with E-state index in [2.05, 4.69) is 11.1 Å². The Morgan fingerprint density at radius 3 is 2.52 bits per heavy atom. The third kappa shape index (κ3) is 3.14. The summed E-state index contributed by atoms with van der Waals surface area (Å²) in [7, 11) is 0. The van der Waals surface area contributed by atoms with Gasteiger partial charge in [-0.05, 0) is 50.1 Å². The van der Waals surface area contributed by atoms with E-state index in [9.17, 15) is 9.59 Å². The van der Waals surface area contributed by atoms with Crippen molar-refractivity contribution in [3.63, 3.8) is 0 Å². The van der Waals surface area contributed by atoms with Crippen LogP contribution in [0, 0.1) is 0 Å². The Balaban J connectivity index is 1.74. The lowest BCUT2D eigenvalue weighted by atomic mass is 9.85. The fourth-order valence-corrected chi connectivity index (χ4v) is 5.39. The second-order valence-electron chi connectivity index (χ2n) is 9.25. The molecule has 1 N–H and O–H groups in total. The SMILES string of the molecule is CC(C)(C)N1CC(=O)N2[C@H](c3ccc(Cl)cc3Cl)c3[nH]c4ccccc4c3C[C@@H]2C1=O. The number of hydrogen-bond donors (Lipinski definition) is 1. The van der Waals surface area contributed by atoms with E-state index in [-0.39, 0.29) is 18.4 Å². The smallest absolute Gasteiger partial charge is 0.246 e. The number of piperazine rings is 1. The van der Waals surface area contributed by atoms with E-state index in [1.807, 2.05) is 45.0 Å². The van der Waals surface area contributed by atoms with Crippen LogP contribution in [0.1, 0.15) is 43.6 Å². The summed E-state index contributed by atoms with van der Waals surface area (Å²) in [5, 5.41) is 2.07. The first-order valence-electron chi connectivity index (χ1n) is 10.3. The third-order valence-electron chi connectivity index (χ3n) is 6.33. The molecule has 0 bridgehead atoms. The Kier molecular flexibility index (Phi) is 4.61. The van der Waals surface area contributed by atoms with Crippen molar-refractivity contribution in [1.82, 2.24) is 14.8 Å². The van der Waals surface area contributed by atoms with Gasteiger partial charge >= 0.3 is 0 Å². The van der Waals surface area contributed by atoms with Gasteiger partial charge in [0, 0.05) is 38.6 Å². The van der Waals surface area contributed by atoms with Crippen molar-refractivity contribution in [3.05, 3.63) is 69.3 Å². The van der Waals surface area contributed by atoms with Gasteiger partial charge in [0.1, 0.15) is 12.6 Å². The first-order chi connectivity index (χ1) is 14.7. The maximum atomic E-state index is 13.6. The third-order valence-corrected chi connectivity index (χ3v) is 6.89. The number of hydrogen-bond acceptors (Lipinski definition) is 2. The monoisotopic (exact) mass is 455 g/mol. The molecule has 0 saturated carbocycles. The summed E-state index contributed by atoms with van der Waals surface area (Å²) in [6.45, 7) is 5.93. The van der Waals surface area contributed by atoms with Gasteiger partial charge in [-0.15, -0.1) is 0 Å². The zero-order chi connectivity index (χ0) is 22.1. The molecule has 3 heterocycles. The number of aromatic amines is 1. The second kappa shape index (κ2) is 7.01. The van der Waals surface area contributed by atoms with Crippen LogP contribution in [-0.4, -0.2) is 44.7 Å². The number of nitrogens with zero attached hydrogens (tertiary/aromatic N) is 2. The largest absolute Gasteiger partial charge is 0.356 e. The Labute approximate surface area is 190 Å². The molecule has 2 atom stereocenters. The molecule has 3 aromatic rings. The summed E-state index contributed by atoms with van der Waals surface area (Å²) in [5.41, 5.74) is 3.27. The molecule has 2 aromatic carbocycles. The van der Waals surface area contributed by atoms with Gasteiger partial charge in [-0.3, -0.25) is 9.59 Å². The normalized spacial score (nSPS) is 21.5. The molecule has 0 spiro atoms. The highest BCUT2D eigenvalue weighted by Gasteiger charge is 2.50. The highest BCUT2D eigenvalue weighted by molar-refractivity contribution is 6.35. The van der Waals surface area contributed by atoms with Gasteiger partial charge in [-0.25, -0.2) is 0 Å². The Morgan fingerprint density at radius 1 is 1.06 bits per heavy atom. The van der Waals surface area contributed by atoms with Gasteiger partial charge in [0.2, 0.25) is 11.8 Å². The highest BCUT2D eigenvalue weighted by Crippen LogP contribution is 2.45. The number of fused-ring (bicyclic) bond motifs is 4. The van der Waals surface area contributed by atoms with Crippen molar-refractivity contribution in [2.24, 2.45) is 0 Å². The number of carbonyl (C=O) groups excluding carboxylic acids is 2. The average Bonchev–Trinajstić information content (AvgIpc) is 3.07. The molecular weight excluding hydrogens is 433 g/mol. The minimum Gasteiger partial charge on any atom is -0.356 e. The first-order valence-corrected chi connectivity index (χ1v) is 11.1. The predicted molar refractivity (Wildman–Crippen MR) is 122 cm³/mol. The fourth-order valence-electron chi connectivity index (χ4n) is 4.88. The van der Waals surface area contributed by atoms with Crippen LogP contribution in [0.3, 0.4) is 0 Å². The quantitative estimate of drug-likeness (QED) is 0.563. The zero-order valence-corrected chi connectivity index (χ0v) is 19.1. The number of nitrogens with one attached hydrogen (secondary N) is 1.